The number of likely N-dealkylation sites (tertiary alicyclic amines) is 1. The van der Waals surface area contributed by atoms with E-state index in [0.717, 1.165) is 18.6 Å². The Balaban J connectivity index is 1.49. The number of benzene rings is 2. The van der Waals surface area contributed by atoms with Crippen molar-refractivity contribution in [1.82, 2.24) is 4.90 Å². The lowest BCUT2D eigenvalue weighted by Crippen LogP contribution is -2.29. The Morgan fingerprint density at radius 2 is 1.87 bits per heavy atom. The van der Waals surface area contributed by atoms with Gasteiger partial charge in [0, 0.05) is 13.1 Å². The van der Waals surface area contributed by atoms with Gasteiger partial charge in [-0.05, 0) is 43.0 Å². The first-order chi connectivity index (χ1) is 11.2. The van der Waals surface area contributed by atoms with Gasteiger partial charge in [0.1, 0.15) is 11.6 Å². The van der Waals surface area contributed by atoms with Gasteiger partial charge in [0.15, 0.2) is 0 Å². The number of nitrogens with zero attached hydrogens (tertiary/aromatic N) is 1. The monoisotopic (exact) mass is 313 g/mol. The second-order valence-electron chi connectivity index (χ2n) is 5.84. The van der Waals surface area contributed by atoms with Crippen molar-refractivity contribution in [2.45, 2.75) is 12.8 Å². The van der Waals surface area contributed by atoms with Crippen LogP contribution >= 0.6 is 0 Å². The molecule has 1 fully saturated rings. The smallest absolute Gasteiger partial charge is 0.256 e. The van der Waals surface area contributed by atoms with Gasteiger partial charge in [0.2, 0.25) is 0 Å². The second-order valence-corrected chi connectivity index (χ2v) is 5.84. The fraction of sp³-hybridized carbons (Fsp3) is 0.316. The van der Waals surface area contributed by atoms with Crippen molar-refractivity contribution >= 4 is 5.91 Å². The molecule has 4 heteroatoms. The minimum atomic E-state index is -0.451. The maximum absolute atomic E-state index is 13.7. The Morgan fingerprint density at radius 3 is 2.65 bits per heavy atom. The van der Waals surface area contributed by atoms with Crippen LogP contribution in [0.3, 0.4) is 0 Å². The molecule has 0 N–H and O–H groups in total. The maximum Gasteiger partial charge on any atom is 0.256 e. The van der Waals surface area contributed by atoms with Gasteiger partial charge in [-0.3, -0.25) is 4.79 Å². The van der Waals surface area contributed by atoms with E-state index in [1.54, 1.807) is 23.1 Å². The van der Waals surface area contributed by atoms with E-state index in [2.05, 4.69) is 0 Å². The lowest BCUT2D eigenvalue weighted by Gasteiger charge is -2.17. The van der Waals surface area contributed by atoms with Crippen molar-refractivity contribution in [2.24, 2.45) is 5.92 Å². The van der Waals surface area contributed by atoms with E-state index in [1.165, 1.54) is 6.07 Å². The van der Waals surface area contributed by atoms with E-state index >= 15 is 0 Å². The molecule has 1 unspecified atom stereocenters. The Hall–Kier alpha value is -2.36. The van der Waals surface area contributed by atoms with Gasteiger partial charge < -0.3 is 9.64 Å². The third kappa shape index (κ3) is 3.89. The second kappa shape index (κ2) is 7.27. The van der Waals surface area contributed by atoms with E-state index in [-0.39, 0.29) is 11.5 Å². The van der Waals surface area contributed by atoms with Gasteiger partial charge in [-0.2, -0.15) is 0 Å². The number of ether oxygens (including phenoxy) is 1. The lowest BCUT2D eigenvalue weighted by molar-refractivity contribution is 0.0780. The summed E-state index contributed by atoms with van der Waals surface area (Å²) in [7, 11) is 0. The predicted octanol–water partition coefficient (Wildman–Crippen LogP) is 3.76. The highest BCUT2D eigenvalue weighted by Gasteiger charge is 2.28. The van der Waals surface area contributed by atoms with Crippen LogP contribution in [0.25, 0.3) is 0 Å². The summed E-state index contributed by atoms with van der Waals surface area (Å²) in [5.74, 6) is 0.613. The van der Waals surface area contributed by atoms with Crippen LogP contribution in [0, 0.1) is 11.7 Å². The summed E-state index contributed by atoms with van der Waals surface area (Å²) in [4.78, 5) is 14.1. The molecule has 1 atom stereocenters. The first-order valence-corrected chi connectivity index (χ1v) is 7.95. The molecule has 2 aromatic rings. The average Bonchev–Trinajstić information content (AvgIpc) is 3.05. The van der Waals surface area contributed by atoms with E-state index in [9.17, 15) is 9.18 Å². The number of hydrogen-bond donors (Lipinski definition) is 0. The number of hydrogen-bond acceptors (Lipinski definition) is 2. The zero-order chi connectivity index (χ0) is 16.1. The number of amides is 1. The highest BCUT2D eigenvalue weighted by Crippen LogP contribution is 2.22. The summed E-state index contributed by atoms with van der Waals surface area (Å²) in [6.07, 6.45) is 1.84. The molecule has 0 saturated carbocycles. The summed E-state index contributed by atoms with van der Waals surface area (Å²) in [5.41, 5.74) is 0.161. The molecule has 120 valence electrons. The van der Waals surface area contributed by atoms with Gasteiger partial charge in [0.05, 0.1) is 12.2 Å². The summed E-state index contributed by atoms with van der Waals surface area (Å²) in [5, 5.41) is 0. The molecule has 3 nitrogen and oxygen atoms in total. The molecule has 0 radical (unpaired) electrons. The lowest BCUT2D eigenvalue weighted by atomic mass is 10.1. The van der Waals surface area contributed by atoms with Gasteiger partial charge in [0.25, 0.3) is 5.91 Å². The standard InChI is InChI=1S/C19H20FNO2/c20-18-9-5-4-8-17(18)19(22)21-12-10-15(14-21)11-13-23-16-6-2-1-3-7-16/h1-9,15H,10-14H2. The van der Waals surface area contributed by atoms with Crippen LogP contribution < -0.4 is 4.74 Å². The molecule has 2 aromatic carbocycles. The summed E-state index contributed by atoms with van der Waals surface area (Å²) in [6.45, 7) is 1.99. The Bertz CT molecular complexity index is 659. The van der Waals surface area contributed by atoms with Crippen LogP contribution in [0.2, 0.25) is 0 Å². The minimum Gasteiger partial charge on any atom is -0.494 e. The SMILES string of the molecule is O=C(c1ccccc1F)N1CCC(CCOc2ccccc2)C1. The van der Waals surface area contributed by atoms with Crippen molar-refractivity contribution in [3.05, 3.63) is 66.0 Å². The molecule has 1 aliphatic heterocycles. The quantitative estimate of drug-likeness (QED) is 0.841. The fourth-order valence-corrected chi connectivity index (χ4v) is 2.92. The highest BCUT2D eigenvalue weighted by molar-refractivity contribution is 5.94. The van der Waals surface area contributed by atoms with Crippen LogP contribution in [0.4, 0.5) is 4.39 Å². The summed E-state index contributed by atoms with van der Waals surface area (Å²) >= 11 is 0. The molecule has 23 heavy (non-hydrogen) atoms. The largest absolute Gasteiger partial charge is 0.494 e. The van der Waals surface area contributed by atoms with Crippen molar-refractivity contribution in [3.63, 3.8) is 0 Å². The van der Waals surface area contributed by atoms with Crippen molar-refractivity contribution in [3.8, 4) is 5.75 Å². The van der Waals surface area contributed by atoms with Crippen LogP contribution in [-0.2, 0) is 0 Å². The molecule has 3 rings (SSSR count). The van der Waals surface area contributed by atoms with E-state index < -0.39 is 5.82 Å². The fourth-order valence-electron chi connectivity index (χ4n) is 2.92. The topological polar surface area (TPSA) is 29.5 Å². The molecule has 0 bridgehead atoms. The van der Waals surface area contributed by atoms with Crippen LogP contribution in [0.5, 0.6) is 5.75 Å². The Kier molecular flexibility index (Phi) is 4.91. The van der Waals surface area contributed by atoms with Gasteiger partial charge in [-0.25, -0.2) is 4.39 Å². The Morgan fingerprint density at radius 1 is 1.13 bits per heavy atom. The molecule has 0 aliphatic carbocycles. The third-order valence-corrected chi connectivity index (χ3v) is 4.22. The number of carbonyl (C=O) groups is 1. The van der Waals surface area contributed by atoms with E-state index in [1.807, 2.05) is 30.3 Å². The zero-order valence-corrected chi connectivity index (χ0v) is 13.0. The molecule has 0 spiro atoms. The molecular weight excluding hydrogens is 293 g/mol. The summed E-state index contributed by atoms with van der Waals surface area (Å²) < 4.78 is 19.4. The van der Waals surface area contributed by atoms with Gasteiger partial charge in [-0.1, -0.05) is 30.3 Å². The summed E-state index contributed by atoms with van der Waals surface area (Å²) in [6, 6.07) is 15.9. The van der Waals surface area contributed by atoms with Gasteiger partial charge in [-0.15, -0.1) is 0 Å². The molecular formula is C19H20FNO2. The predicted molar refractivity (Wildman–Crippen MR) is 87.0 cm³/mol. The molecule has 1 saturated heterocycles. The van der Waals surface area contributed by atoms with Crippen molar-refractivity contribution in [1.29, 1.82) is 0 Å². The van der Waals surface area contributed by atoms with Crippen LogP contribution in [-0.4, -0.2) is 30.5 Å². The first-order valence-electron chi connectivity index (χ1n) is 7.95. The van der Waals surface area contributed by atoms with E-state index in [4.69, 9.17) is 4.74 Å². The maximum atomic E-state index is 13.7. The molecule has 1 heterocycles. The minimum absolute atomic E-state index is 0.161. The van der Waals surface area contributed by atoms with Crippen molar-refractivity contribution < 1.29 is 13.9 Å². The number of rotatable bonds is 5. The number of halogens is 1. The van der Waals surface area contributed by atoms with E-state index in [0.29, 0.717) is 25.6 Å². The Labute approximate surface area is 135 Å². The molecule has 0 aromatic heterocycles. The first kappa shape index (κ1) is 15.5. The van der Waals surface area contributed by atoms with Gasteiger partial charge >= 0.3 is 0 Å². The third-order valence-electron chi connectivity index (χ3n) is 4.22. The van der Waals surface area contributed by atoms with Crippen LogP contribution in [0.1, 0.15) is 23.2 Å². The molecule has 1 aliphatic rings. The van der Waals surface area contributed by atoms with Crippen LogP contribution in [0.15, 0.2) is 54.6 Å². The number of carbonyl (C=O) groups excluding carboxylic acids is 1. The zero-order valence-electron chi connectivity index (χ0n) is 13.0. The molecule has 1 amide bonds. The average molecular weight is 313 g/mol. The number of para-hydroxylation sites is 1. The van der Waals surface area contributed by atoms with Crippen molar-refractivity contribution in [2.75, 3.05) is 19.7 Å². The highest BCUT2D eigenvalue weighted by atomic mass is 19.1. The normalized spacial score (nSPS) is 17.3.